The Labute approximate surface area is 205 Å². The molecule has 7 nitrogen and oxygen atoms in total. The van der Waals surface area contributed by atoms with Gasteiger partial charge in [0.25, 0.3) is 5.91 Å². The van der Waals surface area contributed by atoms with Gasteiger partial charge in [-0.05, 0) is 54.8 Å². The van der Waals surface area contributed by atoms with E-state index in [1.54, 1.807) is 10.9 Å². The van der Waals surface area contributed by atoms with Crippen LogP contribution < -0.4 is 10.2 Å². The Morgan fingerprint density at radius 2 is 1.86 bits per heavy atom. The van der Waals surface area contributed by atoms with Crippen LogP contribution in [0.3, 0.4) is 0 Å². The second kappa shape index (κ2) is 10.4. The molecule has 0 spiro atoms. The molecule has 2 aromatic heterocycles. The number of nitrogens with zero attached hydrogens (tertiary/aromatic N) is 5. The van der Waals surface area contributed by atoms with Crippen molar-refractivity contribution in [2.24, 2.45) is 7.05 Å². The number of amides is 1. The third kappa shape index (κ3) is 5.36. The number of aryl methyl sites for hydroxylation is 1. The van der Waals surface area contributed by atoms with Gasteiger partial charge in [-0.25, -0.2) is 4.98 Å². The molecule has 4 aromatic rings. The quantitative estimate of drug-likeness (QED) is 0.456. The van der Waals surface area contributed by atoms with Gasteiger partial charge in [0.05, 0.1) is 12.2 Å². The predicted molar refractivity (Wildman–Crippen MR) is 139 cm³/mol. The Morgan fingerprint density at radius 3 is 2.57 bits per heavy atom. The highest BCUT2D eigenvalue weighted by molar-refractivity contribution is 6.06. The summed E-state index contributed by atoms with van der Waals surface area (Å²) in [7, 11) is 1.83. The number of carbonyl (C=O) groups is 1. The number of aromatic nitrogens is 4. The Bertz CT molecular complexity index is 1310. The Balaban J connectivity index is 1.44. The lowest BCUT2D eigenvalue weighted by Crippen LogP contribution is -2.49. The summed E-state index contributed by atoms with van der Waals surface area (Å²) in [4.78, 5) is 20.3. The van der Waals surface area contributed by atoms with E-state index in [4.69, 9.17) is 0 Å². The molecule has 1 fully saturated rings. The van der Waals surface area contributed by atoms with Crippen molar-refractivity contribution in [1.82, 2.24) is 25.3 Å². The maximum Gasteiger partial charge on any atom is 0.259 e. The van der Waals surface area contributed by atoms with Crippen molar-refractivity contribution in [3.8, 4) is 11.3 Å². The highest BCUT2D eigenvalue weighted by atomic mass is 16.2. The monoisotopic (exact) mass is 464 g/mol. The van der Waals surface area contributed by atoms with E-state index in [-0.39, 0.29) is 11.9 Å². The lowest BCUT2D eigenvalue weighted by molar-refractivity contribution is 0.0971. The van der Waals surface area contributed by atoms with E-state index in [0.717, 1.165) is 48.3 Å². The molecule has 1 atom stereocenters. The van der Waals surface area contributed by atoms with Crippen LogP contribution in [-0.4, -0.2) is 45.0 Å². The fourth-order valence-electron chi connectivity index (χ4n) is 4.34. The van der Waals surface area contributed by atoms with Crippen molar-refractivity contribution in [1.29, 1.82) is 0 Å². The van der Waals surface area contributed by atoms with Crippen molar-refractivity contribution in [3.63, 3.8) is 0 Å². The second-order valence-corrected chi connectivity index (χ2v) is 8.72. The molecule has 3 heterocycles. The highest BCUT2D eigenvalue weighted by Crippen LogP contribution is 2.25. The van der Waals surface area contributed by atoms with Crippen molar-refractivity contribution < 1.29 is 4.79 Å². The second-order valence-electron chi connectivity index (χ2n) is 8.72. The van der Waals surface area contributed by atoms with E-state index < -0.39 is 0 Å². The minimum Gasteiger partial charge on any atom is -0.315 e. The van der Waals surface area contributed by atoms with Gasteiger partial charge in [0, 0.05) is 30.9 Å². The van der Waals surface area contributed by atoms with Gasteiger partial charge in [-0.3, -0.25) is 14.4 Å². The SMILES string of the molecule is Cn1cc(-c2ccc(C(=O)N(c3cc(/C=C/c4ccccc4)ccn3)[C@@H]3CCCNC3)cc2)nn1. The van der Waals surface area contributed by atoms with Crippen molar-refractivity contribution in [2.75, 3.05) is 18.0 Å². The molecule has 0 bridgehead atoms. The number of hydrogen-bond acceptors (Lipinski definition) is 5. The zero-order chi connectivity index (χ0) is 24.0. The molecule has 0 aliphatic carbocycles. The standard InChI is InChI=1S/C28H28N6O/c1-33-20-26(31-32-33)23-11-13-24(14-12-23)28(35)34(25-8-5-16-29-19-25)27-18-22(15-17-30-27)10-9-21-6-3-2-4-7-21/h2-4,6-7,9-15,17-18,20,25,29H,5,8,16,19H2,1H3/b10-9+/t25-/m1/s1. The molecular formula is C28H28N6O. The van der Waals surface area contributed by atoms with Gasteiger partial charge in [0.1, 0.15) is 11.5 Å². The smallest absolute Gasteiger partial charge is 0.259 e. The average molecular weight is 465 g/mol. The third-order valence-electron chi connectivity index (χ3n) is 6.17. The molecule has 2 aromatic carbocycles. The van der Waals surface area contributed by atoms with E-state index in [1.165, 1.54) is 0 Å². The molecule has 176 valence electrons. The maximum absolute atomic E-state index is 13.8. The average Bonchev–Trinajstić information content (AvgIpc) is 3.35. The predicted octanol–water partition coefficient (Wildman–Crippen LogP) is 4.45. The van der Waals surface area contributed by atoms with Crippen molar-refractivity contribution >= 4 is 23.9 Å². The van der Waals surface area contributed by atoms with E-state index in [2.05, 4.69) is 44.9 Å². The van der Waals surface area contributed by atoms with Crippen LogP contribution in [0.25, 0.3) is 23.4 Å². The zero-order valence-electron chi connectivity index (χ0n) is 19.7. The van der Waals surface area contributed by atoms with Crippen LogP contribution in [0.15, 0.2) is 79.1 Å². The van der Waals surface area contributed by atoms with Crippen LogP contribution in [0, 0.1) is 0 Å². The van der Waals surface area contributed by atoms with Gasteiger partial charge >= 0.3 is 0 Å². The van der Waals surface area contributed by atoms with Crippen molar-refractivity contribution in [3.05, 3.63) is 95.8 Å². The van der Waals surface area contributed by atoms with Crippen molar-refractivity contribution in [2.45, 2.75) is 18.9 Å². The molecule has 7 heteroatoms. The molecule has 0 saturated carbocycles. The first-order chi connectivity index (χ1) is 17.2. The Kier molecular flexibility index (Phi) is 6.77. The third-order valence-corrected chi connectivity index (χ3v) is 6.17. The van der Waals surface area contributed by atoms with Crippen LogP contribution in [0.2, 0.25) is 0 Å². The number of carbonyl (C=O) groups excluding carboxylic acids is 1. The van der Waals surface area contributed by atoms with Gasteiger partial charge in [0.15, 0.2) is 0 Å². The van der Waals surface area contributed by atoms with E-state index in [9.17, 15) is 4.79 Å². The lowest BCUT2D eigenvalue weighted by Gasteiger charge is -2.34. The Morgan fingerprint density at radius 1 is 1.06 bits per heavy atom. The van der Waals surface area contributed by atoms with Crippen LogP contribution in [0.1, 0.15) is 34.3 Å². The number of anilines is 1. The Hall–Kier alpha value is -4.10. The van der Waals surface area contributed by atoms with Gasteiger partial charge in [-0.15, -0.1) is 5.10 Å². The summed E-state index contributed by atoms with van der Waals surface area (Å²) in [5, 5.41) is 11.6. The topological polar surface area (TPSA) is 75.9 Å². The number of nitrogens with one attached hydrogen (secondary N) is 1. The van der Waals surface area contributed by atoms with E-state index in [1.807, 2.05) is 72.7 Å². The first-order valence-corrected chi connectivity index (χ1v) is 11.9. The summed E-state index contributed by atoms with van der Waals surface area (Å²) < 4.78 is 1.66. The molecule has 1 aliphatic heterocycles. The molecule has 0 unspecified atom stereocenters. The first-order valence-electron chi connectivity index (χ1n) is 11.9. The number of piperidine rings is 1. The fourth-order valence-corrected chi connectivity index (χ4v) is 4.34. The molecule has 1 N–H and O–H groups in total. The van der Waals surface area contributed by atoms with E-state index >= 15 is 0 Å². The molecule has 1 amide bonds. The summed E-state index contributed by atoms with van der Waals surface area (Å²) in [5.41, 5.74) is 4.44. The van der Waals surface area contributed by atoms with Crippen LogP contribution in [-0.2, 0) is 7.05 Å². The summed E-state index contributed by atoms with van der Waals surface area (Å²) >= 11 is 0. The summed E-state index contributed by atoms with van der Waals surface area (Å²) in [6.45, 7) is 1.72. The zero-order valence-corrected chi connectivity index (χ0v) is 19.7. The number of hydrogen-bond donors (Lipinski definition) is 1. The highest BCUT2D eigenvalue weighted by Gasteiger charge is 2.28. The molecule has 1 aliphatic rings. The van der Waals surface area contributed by atoms with Gasteiger partial charge in [-0.1, -0.05) is 59.8 Å². The number of rotatable bonds is 6. The van der Waals surface area contributed by atoms with Crippen LogP contribution >= 0.6 is 0 Å². The molecule has 35 heavy (non-hydrogen) atoms. The maximum atomic E-state index is 13.8. The van der Waals surface area contributed by atoms with Gasteiger partial charge in [0.2, 0.25) is 0 Å². The minimum atomic E-state index is -0.0546. The molecule has 1 saturated heterocycles. The van der Waals surface area contributed by atoms with Crippen LogP contribution in [0.5, 0.6) is 0 Å². The molecule has 5 rings (SSSR count). The molecule has 0 radical (unpaired) electrons. The summed E-state index contributed by atoms with van der Waals surface area (Å²) in [5.74, 6) is 0.609. The molecular weight excluding hydrogens is 436 g/mol. The summed E-state index contributed by atoms with van der Waals surface area (Å²) in [6.07, 6.45) is 9.70. The lowest BCUT2D eigenvalue weighted by atomic mass is 10.0. The summed E-state index contributed by atoms with van der Waals surface area (Å²) in [6, 6.07) is 21.7. The van der Waals surface area contributed by atoms with Gasteiger partial charge in [-0.2, -0.15) is 0 Å². The minimum absolute atomic E-state index is 0.0387. The number of benzene rings is 2. The van der Waals surface area contributed by atoms with Crippen LogP contribution in [0.4, 0.5) is 5.82 Å². The first kappa shape index (κ1) is 22.7. The fraction of sp³-hybridized carbons (Fsp3) is 0.214. The van der Waals surface area contributed by atoms with Gasteiger partial charge < -0.3 is 5.32 Å². The largest absolute Gasteiger partial charge is 0.315 e. The normalized spacial score (nSPS) is 15.9. The van der Waals surface area contributed by atoms with E-state index in [0.29, 0.717) is 11.4 Å². The number of pyridine rings is 1.